The molecule has 0 aliphatic heterocycles. The first-order valence-electron chi connectivity index (χ1n) is 4.57. The second kappa shape index (κ2) is 3.90. The highest BCUT2D eigenvalue weighted by atomic mass is 16.6. The molecule has 0 fully saturated rings. The van der Waals surface area contributed by atoms with Crippen molar-refractivity contribution in [3.8, 4) is 0 Å². The van der Waals surface area contributed by atoms with Gasteiger partial charge in [-0.2, -0.15) is 0 Å². The van der Waals surface area contributed by atoms with Crippen molar-refractivity contribution in [2.45, 2.75) is 0 Å². The van der Waals surface area contributed by atoms with E-state index >= 15 is 0 Å². The van der Waals surface area contributed by atoms with E-state index < -0.39 is 10.9 Å². The van der Waals surface area contributed by atoms with Crippen LogP contribution >= 0.6 is 0 Å². The fourth-order valence-electron chi connectivity index (χ4n) is 1.27. The lowest BCUT2D eigenvalue weighted by Crippen LogP contribution is -2.34. The molecule has 0 bridgehead atoms. The fraction of sp³-hybridized carbons (Fsp3) is 0.300. The summed E-state index contributed by atoms with van der Waals surface area (Å²) in [6.45, 7) is 0. The van der Waals surface area contributed by atoms with Gasteiger partial charge in [0.15, 0.2) is 0 Å². The highest BCUT2D eigenvalue weighted by Crippen LogP contribution is 2.26. The monoisotopic (exact) mass is 225 g/mol. The molecule has 1 N–H and O–H groups in total. The zero-order valence-electron chi connectivity index (χ0n) is 9.30. The van der Waals surface area contributed by atoms with Gasteiger partial charge in [0.1, 0.15) is 11.3 Å². The molecule has 1 aromatic carbocycles. The lowest BCUT2D eigenvalue weighted by Gasteiger charge is -2.23. The van der Waals surface area contributed by atoms with E-state index in [0.29, 0.717) is 10.2 Å². The van der Waals surface area contributed by atoms with Crippen molar-refractivity contribution < 1.29 is 14.8 Å². The summed E-state index contributed by atoms with van der Waals surface area (Å²) in [5.41, 5.74) is 0.0308. The van der Waals surface area contributed by atoms with Crippen molar-refractivity contribution in [2.75, 3.05) is 21.1 Å². The zero-order valence-corrected chi connectivity index (χ0v) is 9.30. The minimum absolute atomic E-state index is 0.282. The maximum atomic E-state index is 10.9. The Labute approximate surface area is 92.5 Å². The second-order valence-corrected chi connectivity index (χ2v) is 4.28. The normalized spacial score (nSPS) is 11.2. The Bertz CT molecular complexity index is 449. The third-order valence-corrected chi connectivity index (χ3v) is 2.18. The minimum Gasteiger partial charge on any atom is -0.477 e. The van der Waals surface area contributed by atoms with E-state index in [2.05, 4.69) is 0 Å². The van der Waals surface area contributed by atoms with Gasteiger partial charge in [-0.15, -0.1) is 0 Å². The maximum absolute atomic E-state index is 10.9. The zero-order chi connectivity index (χ0) is 12.5. The Morgan fingerprint density at radius 3 is 2.31 bits per heavy atom. The van der Waals surface area contributed by atoms with Crippen LogP contribution in [0.4, 0.5) is 11.4 Å². The molecule has 86 valence electrons. The molecule has 0 heterocycles. The van der Waals surface area contributed by atoms with Crippen LogP contribution in [-0.2, 0) is 0 Å². The average molecular weight is 225 g/mol. The quantitative estimate of drug-likeness (QED) is 0.480. The average Bonchev–Trinajstić information content (AvgIpc) is 2.15. The molecular weight excluding hydrogens is 212 g/mol. The van der Waals surface area contributed by atoms with Gasteiger partial charge in [0, 0.05) is 18.2 Å². The standard InChI is InChI=1S/C10H12N2O4/c1-12(2,3)7-4-5-9(11(15)16)8(6-7)10(13)14/h4-6H,1-3H3/p+1. The molecule has 6 heteroatoms. The van der Waals surface area contributed by atoms with Gasteiger partial charge < -0.3 is 5.11 Å². The smallest absolute Gasteiger partial charge is 0.342 e. The van der Waals surface area contributed by atoms with Gasteiger partial charge in [-0.05, 0) is 0 Å². The number of quaternary nitrogens is 1. The van der Waals surface area contributed by atoms with Crippen LogP contribution < -0.4 is 4.48 Å². The van der Waals surface area contributed by atoms with Crippen LogP contribution in [0, 0.1) is 10.1 Å². The first kappa shape index (κ1) is 12.1. The van der Waals surface area contributed by atoms with Gasteiger partial charge in [-0.25, -0.2) is 4.79 Å². The summed E-state index contributed by atoms with van der Waals surface area (Å²) >= 11 is 0. The number of carboxylic acid groups (broad SMARTS) is 1. The SMILES string of the molecule is C[N+](C)(C)c1ccc([N+](=O)[O-])c(C(=O)O)c1. The van der Waals surface area contributed by atoms with E-state index in [-0.39, 0.29) is 11.3 Å². The topological polar surface area (TPSA) is 80.4 Å². The molecule has 0 aliphatic rings. The molecule has 0 spiro atoms. The lowest BCUT2D eigenvalue weighted by atomic mass is 10.1. The number of carbonyl (C=O) groups is 1. The molecular formula is C10H13N2O4+. The molecule has 1 aromatic rings. The van der Waals surface area contributed by atoms with Crippen LogP contribution in [0.1, 0.15) is 10.4 Å². The van der Waals surface area contributed by atoms with Crippen molar-refractivity contribution in [1.29, 1.82) is 0 Å². The number of benzene rings is 1. The van der Waals surface area contributed by atoms with Gasteiger partial charge in [0.05, 0.1) is 26.1 Å². The Kier molecular flexibility index (Phi) is 2.95. The van der Waals surface area contributed by atoms with E-state index in [4.69, 9.17) is 5.11 Å². The molecule has 0 atom stereocenters. The number of aromatic carboxylic acids is 1. The van der Waals surface area contributed by atoms with Gasteiger partial charge in [0.2, 0.25) is 0 Å². The summed E-state index contributed by atoms with van der Waals surface area (Å²) in [7, 11) is 5.56. The summed E-state index contributed by atoms with van der Waals surface area (Å²) in [6.07, 6.45) is 0. The first-order valence-corrected chi connectivity index (χ1v) is 4.57. The molecule has 1 rings (SSSR count). The largest absolute Gasteiger partial charge is 0.477 e. The predicted octanol–water partition coefficient (Wildman–Crippen LogP) is 1.49. The molecule has 0 amide bonds. The molecule has 0 saturated heterocycles. The molecule has 0 unspecified atom stereocenters. The van der Waals surface area contributed by atoms with Gasteiger partial charge >= 0.3 is 5.97 Å². The number of carboxylic acids is 1. The van der Waals surface area contributed by atoms with E-state index in [1.165, 1.54) is 12.1 Å². The van der Waals surface area contributed by atoms with E-state index in [9.17, 15) is 14.9 Å². The van der Waals surface area contributed by atoms with E-state index in [0.717, 1.165) is 0 Å². The van der Waals surface area contributed by atoms with E-state index in [1.54, 1.807) is 6.07 Å². The molecule has 0 saturated carbocycles. The Morgan fingerprint density at radius 2 is 1.94 bits per heavy atom. The van der Waals surface area contributed by atoms with Crippen molar-refractivity contribution in [1.82, 2.24) is 4.48 Å². The summed E-state index contributed by atoms with van der Waals surface area (Å²) in [5, 5.41) is 19.5. The van der Waals surface area contributed by atoms with Crippen molar-refractivity contribution in [2.24, 2.45) is 0 Å². The summed E-state index contributed by atoms with van der Waals surface area (Å²) in [6, 6.07) is 4.12. The van der Waals surface area contributed by atoms with Crippen LogP contribution in [0.5, 0.6) is 0 Å². The number of nitrogens with zero attached hydrogens (tertiary/aromatic N) is 2. The van der Waals surface area contributed by atoms with Crippen molar-refractivity contribution in [3.63, 3.8) is 0 Å². The number of hydrogen-bond acceptors (Lipinski definition) is 3. The summed E-state index contributed by atoms with van der Waals surface area (Å²) in [4.78, 5) is 20.8. The molecule has 0 aromatic heterocycles. The Morgan fingerprint density at radius 1 is 1.38 bits per heavy atom. The number of rotatable bonds is 3. The summed E-state index contributed by atoms with van der Waals surface area (Å²) in [5.74, 6) is -1.29. The highest BCUT2D eigenvalue weighted by Gasteiger charge is 2.24. The van der Waals surface area contributed by atoms with Gasteiger partial charge in [-0.3, -0.25) is 14.6 Å². The van der Waals surface area contributed by atoms with Crippen LogP contribution in [0.25, 0.3) is 0 Å². The second-order valence-electron chi connectivity index (χ2n) is 4.28. The lowest BCUT2D eigenvalue weighted by molar-refractivity contribution is -0.385. The van der Waals surface area contributed by atoms with E-state index in [1.807, 2.05) is 21.1 Å². The van der Waals surface area contributed by atoms with Gasteiger partial charge in [0.25, 0.3) is 5.69 Å². The van der Waals surface area contributed by atoms with Crippen LogP contribution in [-0.4, -0.2) is 37.1 Å². The Balaban J connectivity index is 3.40. The van der Waals surface area contributed by atoms with Crippen molar-refractivity contribution >= 4 is 17.3 Å². The molecule has 0 radical (unpaired) electrons. The predicted molar refractivity (Wildman–Crippen MR) is 59.6 cm³/mol. The Hall–Kier alpha value is -1.95. The molecule has 6 nitrogen and oxygen atoms in total. The minimum atomic E-state index is -1.29. The van der Waals surface area contributed by atoms with Crippen LogP contribution in [0.3, 0.4) is 0 Å². The van der Waals surface area contributed by atoms with Crippen LogP contribution in [0.2, 0.25) is 0 Å². The molecule has 0 aliphatic carbocycles. The number of nitro benzene ring substituents is 1. The van der Waals surface area contributed by atoms with Crippen LogP contribution in [0.15, 0.2) is 18.2 Å². The molecule has 16 heavy (non-hydrogen) atoms. The fourth-order valence-corrected chi connectivity index (χ4v) is 1.27. The third kappa shape index (κ3) is 2.34. The highest BCUT2D eigenvalue weighted by molar-refractivity contribution is 5.93. The van der Waals surface area contributed by atoms with Gasteiger partial charge in [-0.1, -0.05) is 0 Å². The summed E-state index contributed by atoms with van der Waals surface area (Å²) < 4.78 is 0.401. The maximum Gasteiger partial charge on any atom is 0.342 e. The third-order valence-electron chi connectivity index (χ3n) is 2.18. The van der Waals surface area contributed by atoms with Crippen molar-refractivity contribution in [3.05, 3.63) is 33.9 Å². The number of hydrogen-bond donors (Lipinski definition) is 1. The number of nitro groups is 1. The first-order chi connectivity index (χ1) is 7.23.